The molecule has 0 aliphatic carbocycles. The second-order valence-electron chi connectivity index (χ2n) is 5.86. The van der Waals surface area contributed by atoms with E-state index >= 15 is 0 Å². The molecule has 0 unspecified atom stereocenters. The van der Waals surface area contributed by atoms with Crippen LogP contribution < -0.4 is 10.2 Å². The van der Waals surface area contributed by atoms with Crippen LogP contribution in [0.15, 0.2) is 0 Å². The smallest absolute Gasteiger partial charge is 0.246 e. The third-order valence-corrected chi connectivity index (χ3v) is 3.35. The standard InChI is InChI=1S/C13H17ClN4O2/c1-7-10(14)16-12(13(2,3)4)17-11(7)18-5-8(19)15-9(20)6-18/h5-6H2,1-4H3,(H,15,19,20). The number of hydrogen-bond acceptors (Lipinski definition) is 5. The van der Waals surface area contributed by atoms with Gasteiger partial charge in [0, 0.05) is 11.0 Å². The van der Waals surface area contributed by atoms with E-state index in [2.05, 4.69) is 15.3 Å². The minimum absolute atomic E-state index is 0.0868. The molecule has 1 saturated heterocycles. The van der Waals surface area contributed by atoms with Crippen molar-refractivity contribution >= 4 is 29.2 Å². The monoisotopic (exact) mass is 296 g/mol. The lowest BCUT2D eigenvalue weighted by molar-refractivity contribution is -0.130. The lowest BCUT2D eigenvalue weighted by Crippen LogP contribution is -2.52. The fraction of sp³-hybridized carbons (Fsp3) is 0.538. The third kappa shape index (κ3) is 2.90. The van der Waals surface area contributed by atoms with Crippen molar-refractivity contribution in [2.45, 2.75) is 33.1 Å². The van der Waals surface area contributed by atoms with Crippen molar-refractivity contribution in [1.82, 2.24) is 15.3 Å². The molecule has 1 aromatic heterocycles. The summed E-state index contributed by atoms with van der Waals surface area (Å²) in [5.41, 5.74) is 0.399. The topological polar surface area (TPSA) is 75.2 Å². The van der Waals surface area contributed by atoms with Gasteiger partial charge >= 0.3 is 0 Å². The molecule has 0 atom stereocenters. The van der Waals surface area contributed by atoms with Gasteiger partial charge in [0.25, 0.3) is 0 Å². The Bertz CT molecular complexity index is 564. The summed E-state index contributed by atoms with van der Waals surface area (Å²) >= 11 is 6.15. The molecule has 1 fully saturated rings. The fourth-order valence-corrected chi connectivity index (χ4v) is 2.07. The summed E-state index contributed by atoms with van der Waals surface area (Å²) in [7, 11) is 0. The average Bonchev–Trinajstić information content (AvgIpc) is 2.29. The second kappa shape index (κ2) is 5.01. The van der Waals surface area contributed by atoms with Gasteiger partial charge < -0.3 is 4.90 Å². The van der Waals surface area contributed by atoms with E-state index in [4.69, 9.17) is 11.6 Å². The van der Waals surface area contributed by atoms with Crippen LogP contribution in [-0.4, -0.2) is 34.9 Å². The minimum atomic E-state index is -0.340. The van der Waals surface area contributed by atoms with Crippen molar-refractivity contribution in [1.29, 1.82) is 0 Å². The molecular weight excluding hydrogens is 280 g/mol. The number of piperazine rings is 1. The first kappa shape index (κ1) is 14.7. The number of aromatic nitrogens is 2. The molecule has 2 rings (SSSR count). The molecule has 0 radical (unpaired) electrons. The van der Waals surface area contributed by atoms with Crippen LogP contribution >= 0.6 is 11.6 Å². The van der Waals surface area contributed by atoms with Crippen LogP contribution in [0.2, 0.25) is 5.15 Å². The SMILES string of the molecule is Cc1c(Cl)nc(C(C)(C)C)nc1N1CC(=O)NC(=O)C1. The first-order valence-electron chi connectivity index (χ1n) is 6.30. The maximum absolute atomic E-state index is 11.5. The molecule has 1 N–H and O–H groups in total. The molecule has 2 heterocycles. The summed E-state index contributed by atoms with van der Waals surface area (Å²) in [5, 5.41) is 2.61. The highest BCUT2D eigenvalue weighted by molar-refractivity contribution is 6.30. The highest BCUT2D eigenvalue weighted by Crippen LogP contribution is 2.28. The Kier molecular flexibility index (Phi) is 3.69. The zero-order valence-electron chi connectivity index (χ0n) is 12.0. The van der Waals surface area contributed by atoms with E-state index in [0.29, 0.717) is 22.4 Å². The summed E-state index contributed by atoms with van der Waals surface area (Å²) in [6.45, 7) is 7.89. The normalized spacial score (nSPS) is 16.4. The number of hydrogen-bond donors (Lipinski definition) is 1. The molecule has 108 valence electrons. The van der Waals surface area contributed by atoms with E-state index in [0.717, 1.165) is 0 Å². The zero-order chi connectivity index (χ0) is 15.1. The van der Waals surface area contributed by atoms with Crippen LogP contribution in [-0.2, 0) is 15.0 Å². The van der Waals surface area contributed by atoms with Gasteiger partial charge in [0.1, 0.15) is 16.8 Å². The van der Waals surface area contributed by atoms with Gasteiger partial charge in [0.15, 0.2) is 0 Å². The summed E-state index contributed by atoms with van der Waals surface area (Å²) in [5.74, 6) is 0.444. The summed E-state index contributed by atoms with van der Waals surface area (Å²) in [6, 6.07) is 0. The molecule has 1 aliphatic rings. The van der Waals surface area contributed by atoms with Crippen molar-refractivity contribution in [2.24, 2.45) is 0 Å². The molecule has 2 amide bonds. The largest absolute Gasteiger partial charge is 0.338 e. The predicted molar refractivity (Wildman–Crippen MR) is 75.8 cm³/mol. The van der Waals surface area contributed by atoms with E-state index in [1.54, 1.807) is 11.8 Å². The number of carbonyl (C=O) groups is 2. The quantitative estimate of drug-likeness (QED) is 0.622. The van der Waals surface area contributed by atoms with Gasteiger partial charge in [-0.2, -0.15) is 0 Å². The zero-order valence-corrected chi connectivity index (χ0v) is 12.7. The number of anilines is 1. The van der Waals surface area contributed by atoms with Crippen molar-refractivity contribution in [3.63, 3.8) is 0 Å². The van der Waals surface area contributed by atoms with Gasteiger partial charge in [-0.15, -0.1) is 0 Å². The number of nitrogens with zero attached hydrogens (tertiary/aromatic N) is 3. The number of nitrogens with one attached hydrogen (secondary N) is 1. The van der Waals surface area contributed by atoms with E-state index in [9.17, 15) is 9.59 Å². The number of amides is 2. The van der Waals surface area contributed by atoms with Crippen LogP contribution in [0.4, 0.5) is 5.82 Å². The number of halogens is 1. The Balaban J connectivity index is 2.47. The van der Waals surface area contributed by atoms with Crippen molar-refractivity contribution in [2.75, 3.05) is 18.0 Å². The lowest BCUT2D eigenvalue weighted by Gasteiger charge is -2.29. The van der Waals surface area contributed by atoms with Gasteiger partial charge in [-0.1, -0.05) is 32.4 Å². The summed E-state index contributed by atoms with van der Waals surface area (Å²) in [6.07, 6.45) is 0. The minimum Gasteiger partial charge on any atom is -0.338 e. The van der Waals surface area contributed by atoms with E-state index in [1.165, 1.54) is 0 Å². The number of imide groups is 1. The van der Waals surface area contributed by atoms with Crippen molar-refractivity contribution in [3.05, 3.63) is 16.5 Å². The highest BCUT2D eigenvalue weighted by Gasteiger charge is 2.28. The van der Waals surface area contributed by atoms with E-state index in [1.807, 2.05) is 20.8 Å². The summed E-state index contributed by atoms with van der Waals surface area (Å²) in [4.78, 5) is 33.4. The maximum Gasteiger partial charge on any atom is 0.246 e. The van der Waals surface area contributed by atoms with Crippen molar-refractivity contribution in [3.8, 4) is 0 Å². The molecule has 0 saturated carbocycles. The van der Waals surface area contributed by atoms with Gasteiger partial charge in [0.2, 0.25) is 11.8 Å². The molecule has 7 heteroatoms. The molecule has 0 aromatic carbocycles. The fourth-order valence-electron chi connectivity index (χ4n) is 1.91. The Morgan fingerprint density at radius 2 is 1.70 bits per heavy atom. The van der Waals surface area contributed by atoms with Crippen molar-refractivity contribution < 1.29 is 9.59 Å². The molecule has 0 bridgehead atoms. The maximum atomic E-state index is 11.5. The Labute approximate surface area is 122 Å². The van der Waals surface area contributed by atoms with E-state index < -0.39 is 0 Å². The van der Waals surface area contributed by atoms with Crippen LogP contribution in [0, 0.1) is 6.92 Å². The first-order valence-corrected chi connectivity index (χ1v) is 6.68. The van der Waals surface area contributed by atoms with Crippen LogP contribution in [0.3, 0.4) is 0 Å². The van der Waals surface area contributed by atoms with Crippen LogP contribution in [0.5, 0.6) is 0 Å². The molecular formula is C13H17ClN4O2. The first-order chi connectivity index (χ1) is 9.18. The molecule has 6 nitrogen and oxygen atoms in total. The summed E-state index contributed by atoms with van der Waals surface area (Å²) < 4.78 is 0. The molecule has 1 aromatic rings. The van der Waals surface area contributed by atoms with E-state index in [-0.39, 0.29) is 30.3 Å². The van der Waals surface area contributed by atoms with Gasteiger partial charge in [0.05, 0.1) is 13.1 Å². The Morgan fingerprint density at radius 1 is 1.15 bits per heavy atom. The van der Waals surface area contributed by atoms with Crippen LogP contribution in [0.25, 0.3) is 0 Å². The third-order valence-electron chi connectivity index (χ3n) is 2.98. The number of carbonyl (C=O) groups excluding carboxylic acids is 2. The lowest BCUT2D eigenvalue weighted by atomic mass is 9.95. The van der Waals surface area contributed by atoms with Gasteiger partial charge in [-0.25, -0.2) is 9.97 Å². The second-order valence-corrected chi connectivity index (χ2v) is 6.22. The Hall–Kier alpha value is -1.69. The van der Waals surface area contributed by atoms with Gasteiger partial charge in [-0.3, -0.25) is 14.9 Å². The molecule has 0 spiro atoms. The average molecular weight is 297 g/mol. The highest BCUT2D eigenvalue weighted by atomic mass is 35.5. The van der Waals surface area contributed by atoms with Gasteiger partial charge in [-0.05, 0) is 6.92 Å². The molecule has 20 heavy (non-hydrogen) atoms. The van der Waals surface area contributed by atoms with Crippen LogP contribution in [0.1, 0.15) is 32.2 Å². The Morgan fingerprint density at radius 3 is 2.20 bits per heavy atom. The predicted octanol–water partition coefficient (Wildman–Crippen LogP) is 1.20. The molecule has 1 aliphatic heterocycles. The number of rotatable bonds is 1.